The quantitative estimate of drug-likeness (QED) is 0.387. The molecular weight excluding hydrogens is 342 g/mol. The van der Waals surface area contributed by atoms with Gasteiger partial charge in [-0.1, -0.05) is 60.2 Å². The number of rotatable bonds is 5. The Labute approximate surface area is 155 Å². The summed E-state index contributed by atoms with van der Waals surface area (Å²) < 4.78 is 1.58. The van der Waals surface area contributed by atoms with Crippen LogP contribution in [0.1, 0.15) is 11.1 Å². The largest absolute Gasteiger partial charge is 0.407 e. The van der Waals surface area contributed by atoms with Gasteiger partial charge in [0.1, 0.15) is 12.1 Å². The van der Waals surface area contributed by atoms with Crippen LogP contribution in [0.25, 0.3) is 22.4 Å². The van der Waals surface area contributed by atoms with Crippen LogP contribution in [0.4, 0.5) is 5.69 Å². The lowest BCUT2D eigenvalue weighted by Crippen LogP contribution is -2.12. The normalized spacial score (nSPS) is 10.9. The molecule has 0 saturated carbocycles. The first-order chi connectivity index (χ1) is 13.1. The molecule has 1 heterocycles. The molecule has 0 atom stereocenters. The fourth-order valence-corrected chi connectivity index (χ4v) is 2.88. The molecule has 0 radical (unpaired) electrons. The number of hydrogen-bond donors (Lipinski definition) is 0. The van der Waals surface area contributed by atoms with Gasteiger partial charge in [0.25, 0.3) is 5.69 Å². The van der Waals surface area contributed by atoms with Gasteiger partial charge in [-0.05, 0) is 18.6 Å². The lowest BCUT2D eigenvalue weighted by molar-refractivity contribution is -0.384. The molecule has 0 saturated heterocycles. The molecule has 3 aromatic carbocycles. The molecule has 0 fully saturated rings. The van der Waals surface area contributed by atoms with Gasteiger partial charge in [0.15, 0.2) is 5.82 Å². The van der Waals surface area contributed by atoms with Crippen molar-refractivity contribution in [2.45, 2.75) is 13.5 Å². The number of nitrogens with zero attached hydrogens (tertiary/aromatic N) is 3. The van der Waals surface area contributed by atoms with E-state index < -0.39 is 4.92 Å². The van der Waals surface area contributed by atoms with Gasteiger partial charge in [-0.2, -0.15) is 4.73 Å². The van der Waals surface area contributed by atoms with Crippen LogP contribution in [-0.4, -0.2) is 14.6 Å². The Morgan fingerprint density at radius 1 is 1.04 bits per heavy atom. The van der Waals surface area contributed by atoms with Crippen LogP contribution in [0.15, 0.2) is 72.8 Å². The van der Waals surface area contributed by atoms with Crippen LogP contribution in [0.2, 0.25) is 0 Å². The van der Waals surface area contributed by atoms with Crippen molar-refractivity contribution in [3.05, 3.63) is 94.0 Å². The van der Waals surface area contributed by atoms with Crippen LogP contribution in [-0.2, 0) is 6.61 Å². The second kappa shape index (κ2) is 6.92. The second-order valence-corrected chi connectivity index (χ2v) is 6.28. The van der Waals surface area contributed by atoms with Gasteiger partial charge in [-0.3, -0.25) is 10.1 Å². The summed E-state index contributed by atoms with van der Waals surface area (Å²) in [5.41, 5.74) is 4.26. The number of hydrogen-bond acceptors (Lipinski definition) is 4. The molecule has 0 aliphatic carbocycles. The first-order valence-electron chi connectivity index (χ1n) is 8.53. The van der Waals surface area contributed by atoms with E-state index in [4.69, 9.17) is 4.84 Å². The highest BCUT2D eigenvalue weighted by Gasteiger charge is 2.17. The zero-order chi connectivity index (χ0) is 18.8. The summed E-state index contributed by atoms with van der Waals surface area (Å²) in [7, 11) is 0. The van der Waals surface area contributed by atoms with E-state index >= 15 is 0 Å². The molecule has 6 heteroatoms. The number of aryl methyl sites for hydroxylation is 1. The fraction of sp³-hybridized carbons (Fsp3) is 0.0952. The summed E-state index contributed by atoms with van der Waals surface area (Å²) in [6, 6.07) is 22.3. The molecule has 0 N–H and O–H groups in total. The van der Waals surface area contributed by atoms with Gasteiger partial charge < -0.3 is 4.84 Å². The van der Waals surface area contributed by atoms with Crippen molar-refractivity contribution in [3.63, 3.8) is 0 Å². The number of nitro benzene ring substituents is 1. The first-order valence-corrected chi connectivity index (χ1v) is 8.53. The predicted octanol–water partition coefficient (Wildman–Crippen LogP) is 4.55. The van der Waals surface area contributed by atoms with Gasteiger partial charge in [-0.15, -0.1) is 0 Å². The Morgan fingerprint density at radius 3 is 2.48 bits per heavy atom. The van der Waals surface area contributed by atoms with E-state index in [1.54, 1.807) is 10.8 Å². The maximum absolute atomic E-state index is 11.2. The summed E-state index contributed by atoms with van der Waals surface area (Å²) >= 11 is 0. The van der Waals surface area contributed by atoms with Gasteiger partial charge >= 0.3 is 0 Å². The summed E-state index contributed by atoms with van der Waals surface area (Å²) in [6.07, 6.45) is 0. The van der Waals surface area contributed by atoms with Crippen LogP contribution < -0.4 is 4.84 Å². The Balaban J connectivity index is 1.79. The van der Waals surface area contributed by atoms with Crippen LogP contribution in [0.3, 0.4) is 0 Å². The molecule has 0 spiro atoms. The van der Waals surface area contributed by atoms with E-state index in [0.29, 0.717) is 23.5 Å². The van der Waals surface area contributed by atoms with Crippen molar-refractivity contribution in [3.8, 4) is 11.4 Å². The standard InChI is InChI=1S/C21H17N3O3/c1-15-7-9-16(10-8-15)14-27-23-20-13-18(24(25)26)11-12-19(20)22-21(23)17-5-3-2-4-6-17/h2-13H,14H2,1H3. The van der Waals surface area contributed by atoms with Gasteiger partial charge in [0.05, 0.1) is 10.4 Å². The minimum atomic E-state index is -0.418. The summed E-state index contributed by atoms with van der Waals surface area (Å²) in [6.45, 7) is 2.36. The van der Waals surface area contributed by atoms with Crippen molar-refractivity contribution >= 4 is 16.7 Å². The first kappa shape index (κ1) is 16.8. The molecule has 6 nitrogen and oxygen atoms in total. The molecule has 27 heavy (non-hydrogen) atoms. The van der Waals surface area contributed by atoms with E-state index in [1.807, 2.05) is 61.5 Å². The minimum absolute atomic E-state index is 0.00203. The van der Waals surface area contributed by atoms with Crippen molar-refractivity contribution in [2.24, 2.45) is 0 Å². The average molecular weight is 359 g/mol. The average Bonchev–Trinajstić information content (AvgIpc) is 3.06. The third-order valence-corrected chi connectivity index (χ3v) is 4.32. The molecule has 0 aliphatic heterocycles. The van der Waals surface area contributed by atoms with Crippen molar-refractivity contribution < 1.29 is 9.76 Å². The van der Waals surface area contributed by atoms with E-state index in [1.165, 1.54) is 17.7 Å². The molecule has 4 rings (SSSR count). The summed E-state index contributed by atoms with van der Waals surface area (Å²) in [5.74, 6) is 0.609. The van der Waals surface area contributed by atoms with E-state index in [9.17, 15) is 10.1 Å². The number of non-ortho nitro benzene ring substituents is 1. The Hall–Kier alpha value is -3.67. The highest BCUT2D eigenvalue weighted by molar-refractivity contribution is 5.82. The molecular formula is C21H17N3O3. The SMILES string of the molecule is Cc1ccc(COn2c(-c3ccccc3)nc3ccc([N+](=O)[O-])cc32)cc1. The van der Waals surface area contributed by atoms with Gasteiger partial charge in [0, 0.05) is 17.7 Å². The zero-order valence-corrected chi connectivity index (χ0v) is 14.7. The molecule has 0 aliphatic rings. The maximum Gasteiger partial charge on any atom is 0.271 e. The Bertz CT molecular complexity index is 1100. The number of benzene rings is 3. The Morgan fingerprint density at radius 2 is 1.78 bits per heavy atom. The number of nitro groups is 1. The zero-order valence-electron chi connectivity index (χ0n) is 14.7. The minimum Gasteiger partial charge on any atom is -0.407 e. The van der Waals surface area contributed by atoms with Crippen LogP contribution in [0, 0.1) is 17.0 Å². The monoisotopic (exact) mass is 359 g/mol. The van der Waals surface area contributed by atoms with E-state index in [2.05, 4.69) is 4.98 Å². The van der Waals surface area contributed by atoms with E-state index in [0.717, 1.165) is 11.1 Å². The molecule has 0 unspecified atom stereocenters. The van der Waals surface area contributed by atoms with Crippen molar-refractivity contribution in [2.75, 3.05) is 0 Å². The van der Waals surface area contributed by atoms with Crippen LogP contribution in [0.5, 0.6) is 0 Å². The van der Waals surface area contributed by atoms with Gasteiger partial charge in [0.2, 0.25) is 0 Å². The third-order valence-electron chi connectivity index (χ3n) is 4.32. The molecule has 4 aromatic rings. The predicted molar refractivity (Wildman–Crippen MR) is 103 cm³/mol. The highest BCUT2D eigenvalue weighted by Crippen LogP contribution is 2.27. The highest BCUT2D eigenvalue weighted by atomic mass is 16.7. The lowest BCUT2D eigenvalue weighted by Gasteiger charge is -2.11. The van der Waals surface area contributed by atoms with Gasteiger partial charge in [-0.25, -0.2) is 4.98 Å². The topological polar surface area (TPSA) is 70.2 Å². The number of imidazole rings is 1. The van der Waals surface area contributed by atoms with Crippen molar-refractivity contribution in [1.29, 1.82) is 0 Å². The second-order valence-electron chi connectivity index (χ2n) is 6.28. The lowest BCUT2D eigenvalue weighted by atomic mass is 10.2. The molecule has 134 valence electrons. The smallest absolute Gasteiger partial charge is 0.271 e. The summed E-state index contributed by atoms with van der Waals surface area (Å²) in [5, 5.41) is 11.2. The molecule has 0 bridgehead atoms. The van der Waals surface area contributed by atoms with Crippen molar-refractivity contribution in [1.82, 2.24) is 9.71 Å². The van der Waals surface area contributed by atoms with Crippen LogP contribution >= 0.6 is 0 Å². The maximum atomic E-state index is 11.2. The third kappa shape index (κ3) is 3.37. The Kier molecular flexibility index (Phi) is 4.30. The molecule has 1 aromatic heterocycles. The number of fused-ring (bicyclic) bond motifs is 1. The fourth-order valence-electron chi connectivity index (χ4n) is 2.88. The summed E-state index contributed by atoms with van der Waals surface area (Å²) in [4.78, 5) is 21.4. The molecule has 0 amide bonds. The van der Waals surface area contributed by atoms with E-state index in [-0.39, 0.29) is 5.69 Å². The number of aromatic nitrogens is 2.